The summed E-state index contributed by atoms with van der Waals surface area (Å²) in [5.41, 5.74) is 0.766. The monoisotopic (exact) mass is 440 g/mol. The van der Waals surface area contributed by atoms with Crippen molar-refractivity contribution in [3.05, 3.63) is 76.1 Å². The summed E-state index contributed by atoms with van der Waals surface area (Å²) in [6.07, 6.45) is 0.266. The van der Waals surface area contributed by atoms with Gasteiger partial charge in [-0.1, -0.05) is 30.3 Å². The second-order valence-electron chi connectivity index (χ2n) is 7.40. The Kier molecular flexibility index (Phi) is 6.03. The summed E-state index contributed by atoms with van der Waals surface area (Å²) in [6.45, 7) is 0.106. The van der Waals surface area contributed by atoms with Gasteiger partial charge in [-0.2, -0.15) is 0 Å². The number of H-pyrrole nitrogens is 1. The molecular formula is C22H21FN4O3S. The third-order valence-electron chi connectivity index (χ3n) is 5.16. The number of hydrogen-bond donors (Lipinski definition) is 2. The summed E-state index contributed by atoms with van der Waals surface area (Å²) in [6, 6.07) is 12.7. The molecule has 1 saturated heterocycles. The van der Waals surface area contributed by atoms with E-state index in [1.165, 1.54) is 22.7 Å². The number of rotatable bonds is 5. The van der Waals surface area contributed by atoms with Gasteiger partial charge in [-0.25, -0.2) is 9.37 Å². The Labute approximate surface area is 182 Å². The quantitative estimate of drug-likeness (QED) is 0.632. The Morgan fingerprint density at radius 1 is 1.19 bits per heavy atom. The molecule has 9 heteroatoms. The van der Waals surface area contributed by atoms with Crippen LogP contribution in [0.1, 0.15) is 11.4 Å². The van der Waals surface area contributed by atoms with E-state index in [1.54, 1.807) is 49.5 Å². The maximum Gasteiger partial charge on any atom is 0.258 e. The molecule has 0 unspecified atom stereocenters. The highest BCUT2D eigenvalue weighted by Gasteiger charge is 2.34. The zero-order valence-electron chi connectivity index (χ0n) is 16.8. The topological polar surface area (TPSA) is 95.2 Å². The Bertz CT molecular complexity index is 1200. The largest absolute Gasteiger partial charge is 0.343 e. The average molecular weight is 441 g/mol. The molecule has 1 aromatic heterocycles. The lowest BCUT2D eigenvalue weighted by Crippen LogP contribution is -2.54. The minimum atomic E-state index is -0.688. The number of carbonyl (C=O) groups excluding carboxylic acids is 2. The molecule has 0 spiro atoms. The van der Waals surface area contributed by atoms with E-state index in [-0.39, 0.29) is 36.2 Å². The summed E-state index contributed by atoms with van der Waals surface area (Å²) < 4.78 is 13.9. The van der Waals surface area contributed by atoms with Gasteiger partial charge in [-0.15, -0.1) is 11.8 Å². The third-order valence-corrected chi connectivity index (χ3v) is 6.47. The van der Waals surface area contributed by atoms with E-state index in [0.29, 0.717) is 28.0 Å². The predicted octanol–water partition coefficient (Wildman–Crippen LogP) is 1.86. The molecule has 0 aliphatic carbocycles. The zero-order chi connectivity index (χ0) is 22.0. The van der Waals surface area contributed by atoms with E-state index < -0.39 is 11.3 Å². The van der Waals surface area contributed by atoms with Crippen molar-refractivity contribution in [2.24, 2.45) is 0 Å². The predicted molar refractivity (Wildman–Crippen MR) is 117 cm³/mol. The summed E-state index contributed by atoms with van der Waals surface area (Å²) in [5, 5.41) is 2.78. The minimum absolute atomic E-state index is 0.106. The van der Waals surface area contributed by atoms with Crippen LogP contribution in [-0.2, 0) is 22.6 Å². The van der Waals surface area contributed by atoms with Crippen LogP contribution in [0.3, 0.4) is 0 Å². The number of hydrogen-bond acceptors (Lipinski definition) is 5. The van der Waals surface area contributed by atoms with E-state index in [4.69, 9.17) is 0 Å². The Morgan fingerprint density at radius 2 is 1.94 bits per heavy atom. The maximum absolute atomic E-state index is 13.9. The van der Waals surface area contributed by atoms with Crippen molar-refractivity contribution in [3.63, 3.8) is 0 Å². The number of nitrogens with one attached hydrogen (secondary N) is 2. The molecule has 0 saturated carbocycles. The fraction of sp³-hybridized carbons (Fsp3) is 0.273. The standard InChI is InChI=1S/C22H21FN4O3S/c1-27(11-19-24-16-9-5-3-7-14(16)20(28)26-19)22(30)17-12-31-18(21(29)25-17)10-13-6-2-4-8-15(13)23/h2-9,17-18H,10-12H2,1H3,(H,25,29)(H,24,26,28)/t17-,18-/m0/s1. The van der Waals surface area contributed by atoms with E-state index in [0.717, 1.165) is 0 Å². The van der Waals surface area contributed by atoms with Crippen LogP contribution < -0.4 is 10.9 Å². The first kappa shape index (κ1) is 21.0. The van der Waals surface area contributed by atoms with Crippen molar-refractivity contribution in [1.82, 2.24) is 20.2 Å². The van der Waals surface area contributed by atoms with E-state index >= 15 is 0 Å². The maximum atomic E-state index is 13.9. The van der Waals surface area contributed by atoms with E-state index in [9.17, 15) is 18.8 Å². The van der Waals surface area contributed by atoms with Gasteiger partial charge < -0.3 is 15.2 Å². The second kappa shape index (κ2) is 8.89. The first-order chi connectivity index (χ1) is 14.9. The molecule has 160 valence electrons. The number of para-hydroxylation sites is 1. The molecule has 0 bridgehead atoms. The van der Waals surface area contributed by atoms with Crippen LogP contribution in [0.2, 0.25) is 0 Å². The number of aromatic nitrogens is 2. The molecule has 31 heavy (non-hydrogen) atoms. The van der Waals surface area contributed by atoms with Gasteiger partial charge in [-0.05, 0) is 30.2 Å². The second-order valence-corrected chi connectivity index (χ2v) is 8.64. The van der Waals surface area contributed by atoms with E-state index in [1.807, 2.05) is 0 Å². The van der Waals surface area contributed by atoms with Crippen molar-refractivity contribution < 1.29 is 14.0 Å². The first-order valence-corrected chi connectivity index (χ1v) is 10.9. The number of thioether (sulfide) groups is 1. The molecular weight excluding hydrogens is 419 g/mol. The van der Waals surface area contributed by atoms with Gasteiger partial charge in [-0.3, -0.25) is 14.4 Å². The van der Waals surface area contributed by atoms with Gasteiger partial charge in [0.05, 0.1) is 22.7 Å². The lowest BCUT2D eigenvalue weighted by molar-refractivity contribution is -0.135. The van der Waals surface area contributed by atoms with Crippen molar-refractivity contribution in [3.8, 4) is 0 Å². The van der Waals surface area contributed by atoms with E-state index in [2.05, 4.69) is 15.3 Å². The molecule has 4 rings (SSSR count). The lowest BCUT2D eigenvalue weighted by atomic mass is 10.1. The molecule has 7 nitrogen and oxygen atoms in total. The van der Waals surface area contributed by atoms with Crippen LogP contribution in [0.5, 0.6) is 0 Å². The highest BCUT2D eigenvalue weighted by atomic mass is 32.2. The number of aromatic amines is 1. The van der Waals surface area contributed by atoms with Crippen LogP contribution in [0.4, 0.5) is 4.39 Å². The van der Waals surface area contributed by atoms with Gasteiger partial charge in [0.25, 0.3) is 5.56 Å². The van der Waals surface area contributed by atoms with Crippen LogP contribution >= 0.6 is 11.8 Å². The highest BCUT2D eigenvalue weighted by Crippen LogP contribution is 2.24. The van der Waals surface area contributed by atoms with Crippen LogP contribution in [0, 0.1) is 5.82 Å². The molecule has 2 atom stereocenters. The van der Waals surface area contributed by atoms with Gasteiger partial charge in [0.15, 0.2) is 0 Å². The smallest absolute Gasteiger partial charge is 0.258 e. The molecule has 0 radical (unpaired) electrons. The summed E-state index contributed by atoms with van der Waals surface area (Å²) in [5.74, 6) is -0.155. The van der Waals surface area contributed by atoms with Crippen LogP contribution in [-0.4, -0.2) is 50.8 Å². The Balaban J connectivity index is 1.39. The van der Waals surface area contributed by atoms with Gasteiger partial charge >= 0.3 is 0 Å². The molecule has 2 N–H and O–H groups in total. The molecule has 2 amide bonds. The number of benzene rings is 2. The molecule has 1 aliphatic heterocycles. The third kappa shape index (κ3) is 4.61. The normalized spacial score (nSPS) is 18.6. The molecule has 2 aromatic carbocycles. The van der Waals surface area contributed by atoms with Crippen molar-refractivity contribution in [2.75, 3.05) is 12.8 Å². The number of amides is 2. The van der Waals surface area contributed by atoms with Gasteiger partial charge in [0.2, 0.25) is 11.8 Å². The summed E-state index contributed by atoms with van der Waals surface area (Å²) in [7, 11) is 1.60. The number of carbonyl (C=O) groups is 2. The molecule has 2 heterocycles. The van der Waals surface area contributed by atoms with Gasteiger partial charge in [0, 0.05) is 12.8 Å². The Morgan fingerprint density at radius 3 is 2.71 bits per heavy atom. The fourth-order valence-electron chi connectivity index (χ4n) is 3.52. The highest BCUT2D eigenvalue weighted by molar-refractivity contribution is 8.00. The SMILES string of the molecule is CN(Cc1nc2ccccc2c(=O)[nH]1)C(=O)[C@@H]1CS[C@@H](Cc2ccccc2F)C(=O)N1. The summed E-state index contributed by atoms with van der Waals surface area (Å²) >= 11 is 1.34. The first-order valence-electron chi connectivity index (χ1n) is 9.80. The van der Waals surface area contributed by atoms with Crippen molar-refractivity contribution in [1.29, 1.82) is 0 Å². The van der Waals surface area contributed by atoms with Crippen molar-refractivity contribution >= 4 is 34.5 Å². The number of fused-ring (bicyclic) bond motifs is 1. The summed E-state index contributed by atoms with van der Waals surface area (Å²) in [4.78, 5) is 46.1. The zero-order valence-corrected chi connectivity index (χ0v) is 17.6. The van der Waals surface area contributed by atoms with Gasteiger partial charge in [0.1, 0.15) is 17.7 Å². The molecule has 1 aliphatic rings. The number of likely N-dealkylation sites (N-methyl/N-ethyl adjacent to an activating group) is 1. The average Bonchev–Trinajstić information content (AvgIpc) is 2.76. The van der Waals surface area contributed by atoms with Crippen molar-refractivity contribution in [2.45, 2.75) is 24.3 Å². The van der Waals surface area contributed by atoms with Crippen LogP contribution in [0.25, 0.3) is 10.9 Å². The fourth-order valence-corrected chi connectivity index (χ4v) is 4.69. The minimum Gasteiger partial charge on any atom is -0.343 e. The molecule has 1 fully saturated rings. The lowest BCUT2D eigenvalue weighted by Gasteiger charge is -2.30. The van der Waals surface area contributed by atoms with Crippen LogP contribution in [0.15, 0.2) is 53.3 Å². The molecule has 3 aromatic rings. The number of halogens is 1. The number of nitrogens with zero attached hydrogens (tertiary/aromatic N) is 2. The Hall–Kier alpha value is -3.20.